The van der Waals surface area contributed by atoms with Gasteiger partial charge < -0.3 is 5.11 Å². The summed E-state index contributed by atoms with van der Waals surface area (Å²) < 4.78 is 15.3. The number of hydrazine groups is 1. The molecule has 7 heteroatoms. The van der Waals surface area contributed by atoms with Crippen LogP contribution in [0.4, 0.5) is 15.9 Å². The van der Waals surface area contributed by atoms with Gasteiger partial charge in [-0.25, -0.2) is 9.18 Å². The summed E-state index contributed by atoms with van der Waals surface area (Å²) in [5, 5.41) is 12.1. The third kappa shape index (κ3) is 2.56. The van der Waals surface area contributed by atoms with Gasteiger partial charge in [-0.15, -0.1) is 0 Å². The van der Waals surface area contributed by atoms with Crippen LogP contribution in [0, 0.1) is 5.82 Å². The summed E-state index contributed by atoms with van der Waals surface area (Å²) in [4.78, 5) is 15.6. The van der Waals surface area contributed by atoms with Gasteiger partial charge in [0.2, 0.25) is 0 Å². The van der Waals surface area contributed by atoms with Gasteiger partial charge in [0.15, 0.2) is 0 Å². The number of hydrogen-bond donors (Lipinski definition) is 2. The second-order valence-corrected chi connectivity index (χ2v) is 6.63. The van der Waals surface area contributed by atoms with Crippen LogP contribution in [-0.2, 0) is 6.54 Å². The Kier molecular flexibility index (Phi) is 3.55. The van der Waals surface area contributed by atoms with Crippen molar-refractivity contribution in [3.05, 3.63) is 83.9 Å². The van der Waals surface area contributed by atoms with Crippen molar-refractivity contribution in [2.24, 2.45) is 0 Å². The minimum atomic E-state index is -0.963. The summed E-state index contributed by atoms with van der Waals surface area (Å²) in [6.45, 7) is 0.581. The van der Waals surface area contributed by atoms with E-state index in [1.165, 1.54) is 12.1 Å². The largest absolute Gasteiger partial charge is 0.478 e. The average Bonchev–Trinajstić information content (AvgIpc) is 3.09. The summed E-state index contributed by atoms with van der Waals surface area (Å²) in [5.74, 6) is -0.410. The molecule has 0 saturated carbocycles. The van der Waals surface area contributed by atoms with Crippen molar-refractivity contribution in [2.45, 2.75) is 6.54 Å². The lowest BCUT2D eigenvalue weighted by molar-refractivity contribution is 0.0697. The molecule has 0 fully saturated rings. The first-order valence-electron chi connectivity index (χ1n) is 8.72. The van der Waals surface area contributed by atoms with Crippen molar-refractivity contribution in [1.29, 1.82) is 0 Å². The molecular weight excluding hydrogens is 359 g/mol. The van der Waals surface area contributed by atoms with E-state index in [1.807, 2.05) is 21.7 Å². The molecule has 0 radical (unpaired) electrons. The van der Waals surface area contributed by atoms with Gasteiger partial charge in [0, 0.05) is 17.1 Å². The van der Waals surface area contributed by atoms with Crippen molar-refractivity contribution < 1.29 is 14.3 Å². The van der Waals surface area contributed by atoms with Crippen LogP contribution in [0.5, 0.6) is 0 Å². The highest BCUT2D eigenvalue weighted by molar-refractivity contribution is 5.96. The predicted octanol–water partition coefficient (Wildman–Crippen LogP) is 4.21. The number of pyridine rings is 1. The molecule has 28 heavy (non-hydrogen) atoms. The van der Waals surface area contributed by atoms with E-state index in [0.29, 0.717) is 6.54 Å². The standard InChI is InChI=1S/C21H15FN4O2/c22-16-2-4-17(5-3-16)24-25-12-14-7-8-23-11-19(14)26-18-6-1-13(21(27)28)9-15(18)10-20(25)26/h1-11,24H,12H2,(H,27,28). The number of fused-ring (bicyclic) bond motifs is 5. The number of rotatable bonds is 3. The molecule has 0 bridgehead atoms. The lowest BCUT2D eigenvalue weighted by Crippen LogP contribution is -2.34. The van der Waals surface area contributed by atoms with E-state index in [4.69, 9.17) is 0 Å². The predicted molar refractivity (Wildman–Crippen MR) is 104 cm³/mol. The number of carboxylic acid groups (broad SMARTS) is 1. The van der Waals surface area contributed by atoms with E-state index in [-0.39, 0.29) is 11.4 Å². The van der Waals surface area contributed by atoms with Crippen LogP contribution in [0.15, 0.2) is 67.0 Å². The maximum absolute atomic E-state index is 13.2. The molecule has 2 N–H and O–H groups in total. The van der Waals surface area contributed by atoms with Gasteiger partial charge in [-0.1, -0.05) is 0 Å². The van der Waals surface area contributed by atoms with Gasteiger partial charge in [0.1, 0.15) is 11.6 Å². The van der Waals surface area contributed by atoms with Crippen LogP contribution in [0.25, 0.3) is 16.6 Å². The number of aromatic nitrogens is 2. The maximum atomic E-state index is 13.2. The normalized spacial score (nSPS) is 12.5. The van der Waals surface area contributed by atoms with Gasteiger partial charge in [-0.3, -0.25) is 20.0 Å². The smallest absolute Gasteiger partial charge is 0.335 e. The SMILES string of the molecule is O=C(O)c1ccc2c(c1)cc1n2-c2cnccc2CN1Nc1ccc(F)cc1. The van der Waals surface area contributed by atoms with E-state index in [2.05, 4.69) is 10.4 Å². The number of carboxylic acids is 1. The monoisotopic (exact) mass is 374 g/mol. The molecule has 0 unspecified atom stereocenters. The molecule has 1 aliphatic heterocycles. The van der Waals surface area contributed by atoms with Crippen LogP contribution >= 0.6 is 0 Å². The Labute approximate surface area is 159 Å². The molecule has 0 aliphatic carbocycles. The lowest BCUT2D eigenvalue weighted by Gasteiger charge is -2.32. The third-order valence-electron chi connectivity index (χ3n) is 4.87. The van der Waals surface area contributed by atoms with Crippen LogP contribution in [-0.4, -0.2) is 20.6 Å². The maximum Gasteiger partial charge on any atom is 0.335 e. The van der Waals surface area contributed by atoms with Crippen LogP contribution in [0.1, 0.15) is 15.9 Å². The minimum absolute atomic E-state index is 0.236. The minimum Gasteiger partial charge on any atom is -0.478 e. The Morgan fingerprint density at radius 1 is 1.11 bits per heavy atom. The summed E-state index contributed by atoms with van der Waals surface area (Å²) in [5.41, 5.74) is 7.21. The highest BCUT2D eigenvalue weighted by Gasteiger charge is 2.25. The van der Waals surface area contributed by atoms with E-state index < -0.39 is 5.97 Å². The van der Waals surface area contributed by atoms with Crippen molar-refractivity contribution in [1.82, 2.24) is 9.55 Å². The highest BCUT2D eigenvalue weighted by atomic mass is 19.1. The van der Waals surface area contributed by atoms with Gasteiger partial charge in [0.25, 0.3) is 0 Å². The molecule has 0 atom stereocenters. The Bertz CT molecular complexity index is 1220. The van der Waals surface area contributed by atoms with Crippen molar-refractivity contribution in [3.8, 4) is 5.69 Å². The summed E-state index contributed by atoms with van der Waals surface area (Å²) in [6, 6.07) is 15.1. The van der Waals surface area contributed by atoms with Crippen LogP contribution < -0.4 is 10.4 Å². The van der Waals surface area contributed by atoms with E-state index >= 15 is 0 Å². The second kappa shape index (κ2) is 6.09. The molecule has 0 spiro atoms. The first-order chi connectivity index (χ1) is 13.6. The van der Waals surface area contributed by atoms with Crippen LogP contribution in [0.2, 0.25) is 0 Å². The van der Waals surface area contributed by atoms with E-state index in [1.54, 1.807) is 42.7 Å². The summed E-state index contributed by atoms with van der Waals surface area (Å²) in [6.07, 6.45) is 3.55. The lowest BCUT2D eigenvalue weighted by atomic mass is 10.1. The summed E-state index contributed by atoms with van der Waals surface area (Å²) >= 11 is 0. The van der Waals surface area contributed by atoms with Crippen molar-refractivity contribution in [2.75, 3.05) is 10.4 Å². The van der Waals surface area contributed by atoms with Crippen molar-refractivity contribution >= 4 is 28.4 Å². The average molecular weight is 374 g/mol. The number of carbonyl (C=O) groups is 1. The Balaban J connectivity index is 1.67. The molecular formula is C21H15FN4O2. The zero-order valence-electron chi connectivity index (χ0n) is 14.6. The zero-order chi connectivity index (χ0) is 19.3. The fourth-order valence-corrected chi connectivity index (χ4v) is 3.56. The Morgan fingerprint density at radius 2 is 1.93 bits per heavy atom. The second-order valence-electron chi connectivity index (χ2n) is 6.63. The number of hydrogen-bond acceptors (Lipinski definition) is 4. The van der Waals surface area contributed by atoms with Crippen molar-refractivity contribution in [3.63, 3.8) is 0 Å². The number of aromatic carboxylic acids is 1. The Hall–Kier alpha value is -3.87. The summed E-state index contributed by atoms with van der Waals surface area (Å²) in [7, 11) is 0. The van der Waals surface area contributed by atoms with Gasteiger partial charge in [-0.2, -0.15) is 0 Å². The van der Waals surface area contributed by atoms with Gasteiger partial charge in [-0.05, 0) is 54.6 Å². The topological polar surface area (TPSA) is 70.4 Å². The Morgan fingerprint density at radius 3 is 2.71 bits per heavy atom. The number of nitrogens with zero attached hydrogens (tertiary/aromatic N) is 3. The molecule has 0 saturated heterocycles. The fraction of sp³-hybridized carbons (Fsp3) is 0.0476. The fourth-order valence-electron chi connectivity index (χ4n) is 3.56. The van der Waals surface area contributed by atoms with Gasteiger partial charge >= 0.3 is 5.97 Å². The van der Waals surface area contributed by atoms with Crippen LogP contribution in [0.3, 0.4) is 0 Å². The third-order valence-corrected chi connectivity index (χ3v) is 4.87. The molecule has 138 valence electrons. The molecule has 2 aromatic heterocycles. The first kappa shape index (κ1) is 16.3. The molecule has 4 aromatic rings. The number of anilines is 2. The number of halogens is 1. The molecule has 1 aliphatic rings. The molecule has 6 nitrogen and oxygen atoms in total. The first-order valence-corrected chi connectivity index (χ1v) is 8.72. The number of nitrogens with one attached hydrogen (secondary N) is 1. The molecule has 0 amide bonds. The molecule has 3 heterocycles. The molecule has 2 aromatic carbocycles. The van der Waals surface area contributed by atoms with E-state index in [0.717, 1.165) is 33.7 Å². The van der Waals surface area contributed by atoms with Gasteiger partial charge in [0.05, 0.1) is 35.2 Å². The number of benzene rings is 2. The highest BCUT2D eigenvalue weighted by Crippen LogP contribution is 2.37. The quantitative estimate of drug-likeness (QED) is 0.562. The molecule has 5 rings (SSSR count). The van der Waals surface area contributed by atoms with E-state index in [9.17, 15) is 14.3 Å². The zero-order valence-corrected chi connectivity index (χ0v) is 14.6.